The number of benzene rings is 1. The van der Waals surface area contributed by atoms with Gasteiger partial charge >= 0.3 is 6.18 Å². The van der Waals surface area contributed by atoms with E-state index < -0.39 is 18.6 Å². The Morgan fingerprint density at radius 2 is 1.94 bits per heavy atom. The van der Waals surface area contributed by atoms with E-state index in [1.54, 1.807) is 6.07 Å². The molecule has 0 heterocycles. The monoisotopic (exact) mass is 333 g/mol. The molecule has 0 aromatic heterocycles. The van der Waals surface area contributed by atoms with Gasteiger partial charge in [-0.05, 0) is 18.6 Å². The van der Waals surface area contributed by atoms with Crippen LogP contribution >= 0.6 is 28.3 Å². The zero-order chi connectivity index (χ0) is 12.3. The van der Waals surface area contributed by atoms with E-state index in [9.17, 15) is 18.3 Å². The molecule has 0 saturated carbocycles. The minimum Gasteiger partial charge on any atom is -0.508 e. The Morgan fingerprint density at radius 1 is 1.35 bits per heavy atom. The lowest BCUT2D eigenvalue weighted by molar-refractivity contribution is -0.136. The first-order valence-electron chi connectivity index (χ1n) is 4.60. The van der Waals surface area contributed by atoms with E-state index in [0.717, 1.165) is 0 Å². The Hall–Kier alpha value is -0.460. The lowest BCUT2D eigenvalue weighted by Crippen LogP contribution is -2.15. The smallest absolute Gasteiger partial charge is 0.389 e. The molecular formula is C10H12BrClF3NO. The summed E-state index contributed by atoms with van der Waals surface area (Å²) in [6.07, 6.45) is -5.41. The van der Waals surface area contributed by atoms with Gasteiger partial charge in [0.05, 0.1) is 0 Å². The first kappa shape index (κ1) is 16.5. The number of alkyl halides is 3. The van der Waals surface area contributed by atoms with Gasteiger partial charge < -0.3 is 10.8 Å². The molecule has 0 amide bonds. The number of rotatable bonds is 3. The van der Waals surface area contributed by atoms with E-state index in [0.29, 0.717) is 10.0 Å². The largest absolute Gasteiger partial charge is 0.508 e. The second-order valence-electron chi connectivity index (χ2n) is 3.46. The van der Waals surface area contributed by atoms with Gasteiger partial charge in [0.15, 0.2) is 0 Å². The Morgan fingerprint density at radius 3 is 2.41 bits per heavy atom. The van der Waals surface area contributed by atoms with Crippen LogP contribution in [-0.2, 0) is 0 Å². The van der Waals surface area contributed by atoms with Crippen molar-refractivity contribution in [3.8, 4) is 5.75 Å². The average Bonchev–Trinajstić information content (AvgIpc) is 2.13. The van der Waals surface area contributed by atoms with Gasteiger partial charge in [-0.1, -0.05) is 22.0 Å². The predicted molar refractivity (Wildman–Crippen MR) is 65.3 cm³/mol. The van der Waals surface area contributed by atoms with Crippen LogP contribution in [0.25, 0.3) is 0 Å². The molecule has 0 aliphatic carbocycles. The van der Waals surface area contributed by atoms with E-state index in [2.05, 4.69) is 15.9 Å². The number of halogens is 5. The van der Waals surface area contributed by atoms with Crippen LogP contribution < -0.4 is 5.73 Å². The quantitative estimate of drug-likeness (QED) is 0.880. The predicted octanol–water partition coefficient (Wildman–Crippen LogP) is 3.92. The van der Waals surface area contributed by atoms with Crippen LogP contribution in [0.4, 0.5) is 13.2 Å². The SMILES string of the molecule is Cl.N[C@H](CCC(F)(F)F)c1ccc(Br)cc1O. The second kappa shape index (κ2) is 6.47. The highest BCUT2D eigenvalue weighted by Crippen LogP contribution is 2.31. The molecule has 1 rings (SSSR count). The fourth-order valence-electron chi connectivity index (χ4n) is 1.31. The third kappa shape index (κ3) is 5.61. The number of aromatic hydroxyl groups is 1. The molecule has 0 bridgehead atoms. The first-order valence-corrected chi connectivity index (χ1v) is 5.39. The van der Waals surface area contributed by atoms with Crippen molar-refractivity contribution in [3.63, 3.8) is 0 Å². The van der Waals surface area contributed by atoms with E-state index in [1.807, 2.05) is 0 Å². The van der Waals surface area contributed by atoms with E-state index in [-0.39, 0.29) is 24.6 Å². The number of hydrogen-bond donors (Lipinski definition) is 2. The van der Waals surface area contributed by atoms with Crippen molar-refractivity contribution in [3.05, 3.63) is 28.2 Å². The molecule has 7 heteroatoms. The second-order valence-corrected chi connectivity index (χ2v) is 4.38. The summed E-state index contributed by atoms with van der Waals surface area (Å²) >= 11 is 3.14. The van der Waals surface area contributed by atoms with Gasteiger partial charge in [0.2, 0.25) is 0 Å². The van der Waals surface area contributed by atoms with E-state index in [4.69, 9.17) is 5.73 Å². The summed E-state index contributed by atoms with van der Waals surface area (Å²) in [4.78, 5) is 0. The molecule has 0 radical (unpaired) electrons. The molecule has 2 nitrogen and oxygen atoms in total. The Labute approximate surface area is 112 Å². The summed E-state index contributed by atoms with van der Waals surface area (Å²) in [5, 5.41) is 9.50. The molecule has 0 aliphatic heterocycles. The van der Waals surface area contributed by atoms with Crippen molar-refractivity contribution >= 4 is 28.3 Å². The molecule has 1 aromatic carbocycles. The molecule has 0 unspecified atom stereocenters. The third-order valence-corrected chi connectivity index (χ3v) is 2.62. The van der Waals surface area contributed by atoms with Gasteiger partial charge in [-0.15, -0.1) is 12.4 Å². The lowest BCUT2D eigenvalue weighted by Gasteiger charge is -2.15. The molecule has 98 valence electrons. The molecule has 0 fully saturated rings. The minimum atomic E-state index is -4.22. The first-order chi connectivity index (χ1) is 7.29. The van der Waals surface area contributed by atoms with Crippen molar-refractivity contribution in [2.75, 3.05) is 0 Å². The summed E-state index contributed by atoms with van der Waals surface area (Å²) < 4.78 is 36.6. The van der Waals surface area contributed by atoms with Crippen LogP contribution in [-0.4, -0.2) is 11.3 Å². The highest BCUT2D eigenvalue weighted by molar-refractivity contribution is 9.10. The van der Waals surface area contributed by atoms with Crippen molar-refractivity contribution in [1.82, 2.24) is 0 Å². The van der Waals surface area contributed by atoms with Gasteiger partial charge in [0, 0.05) is 22.5 Å². The topological polar surface area (TPSA) is 46.2 Å². The fourth-order valence-corrected chi connectivity index (χ4v) is 1.65. The van der Waals surface area contributed by atoms with Crippen LogP contribution in [0.15, 0.2) is 22.7 Å². The zero-order valence-corrected chi connectivity index (χ0v) is 11.1. The summed E-state index contributed by atoms with van der Waals surface area (Å²) in [5.41, 5.74) is 5.90. The maximum atomic E-state index is 12.0. The van der Waals surface area contributed by atoms with Gasteiger partial charge in [-0.2, -0.15) is 13.2 Å². The summed E-state index contributed by atoms with van der Waals surface area (Å²) in [5.74, 6) is -0.0935. The molecule has 0 aliphatic rings. The van der Waals surface area contributed by atoms with Crippen LogP contribution in [0, 0.1) is 0 Å². The molecule has 1 aromatic rings. The van der Waals surface area contributed by atoms with Crippen LogP contribution in [0.2, 0.25) is 0 Å². The van der Waals surface area contributed by atoms with Gasteiger partial charge in [-0.3, -0.25) is 0 Å². The lowest BCUT2D eigenvalue weighted by atomic mass is 10.0. The number of phenols is 1. The highest BCUT2D eigenvalue weighted by Gasteiger charge is 2.28. The average molecular weight is 335 g/mol. The Bertz CT molecular complexity index is 373. The van der Waals surface area contributed by atoms with Crippen molar-refractivity contribution in [2.24, 2.45) is 5.73 Å². The molecule has 1 atom stereocenters. The van der Waals surface area contributed by atoms with Crippen molar-refractivity contribution < 1.29 is 18.3 Å². The summed E-state index contributed by atoms with van der Waals surface area (Å²) in [7, 11) is 0. The highest BCUT2D eigenvalue weighted by atomic mass is 79.9. The molecular weight excluding hydrogens is 322 g/mol. The van der Waals surface area contributed by atoms with Crippen LogP contribution in [0.5, 0.6) is 5.75 Å². The fraction of sp³-hybridized carbons (Fsp3) is 0.400. The van der Waals surface area contributed by atoms with Crippen molar-refractivity contribution in [2.45, 2.75) is 25.1 Å². The van der Waals surface area contributed by atoms with Crippen LogP contribution in [0.1, 0.15) is 24.4 Å². The maximum Gasteiger partial charge on any atom is 0.389 e. The number of nitrogens with two attached hydrogens (primary N) is 1. The molecule has 17 heavy (non-hydrogen) atoms. The van der Waals surface area contributed by atoms with Gasteiger partial charge in [-0.25, -0.2) is 0 Å². The van der Waals surface area contributed by atoms with Gasteiger partial charge in [0.25, 0.3) is 0 Å². The minimum absolute atomic E-state index is 0. The standard InChI is InChI=1S/C10H11BrF3NO.ClH/c11-6-1-2-7(9(16)5-6)8(15)3-4-10(12,13)14;/h1-2,5,8,16H,3-4,15H2;1H/t8-;/m1./s1. The zero-order valence-electron chi connectivity index (χ0n) is 8.67. The number of phenolic OH excluding ortho intramolecular Hbond substituents is 1. The van der Waals surface area contributed by atoms with E-state index in [1.165, 1.54) is 12.1 Å². The Kier molecular flexibility index (Phi) is 6.29. The molecule has 0 saturated heterocycles. The third-order valence-electron chi connectivity index (χ3n) is 2.13. The molecule has 0 spiro atoms. The summed E-state index contributed by atoms with van der Waals surface area (Å²) in [6.45, 7) is 0. The van der Waals surface area contributed by atoms with Crippen molar-refractivity contribution in [1.29, 1.82) is 0 Å². The Balaban J connectivity index is 0.00000256. The van der Waals surface area contributed by atoms with Gasteiger partial charge in [0.1, 0.15) is 5.75 Å². The van der Waals surface area contributed by atoms with E-state index >= 15 is 0 Å². The normalized spacial score (nSPS) is 13.0. The number of hydrogen-bond acceptors (Lipinski definition) is 2. The van der Waals surface area contributed by atoms with Crippen LogP contribution in [0.3, 0.4) is 0 Å². The summed E-state index contributed by atoms with van der Waals surface area (Å²) in [6, 6.07) is 3.74. The maximum absolute atomic E-state index is 12.0. The molecule has 3 N–H and O–H groups in total.